The van der Waals surface area contributed by atoms with E-state index in [0.29, 0.717) is 32.6 Å². The number of hydrogen-bond donors (Lipinski definition) is 1. The van der Waals surface area contributed by atoms with E-state index in [9.17, 15) is 14.0 Å². The largest absolute Gasteiger partial charge is 0.333 e. The van der Waals surface area contributed by atoms with Crippen molar-refractivity contribution in [3.8, 4) is 0 Å². The molecule has 0 aliphatic carbocycles. The lowest BCUT2D eigenvalue weighted by molar-refractivity contribution is -0.126. The van der Waals surface area contributed by atoms with Crippen molar-refractivity contribution >= 4 is 17.5 Å². The molecule has 0 radical (unpaired) electrons. The molecule has 0 saturated carbocycles. The summed E-state index contributed by atoms with van der Waals surface area (Å²) in [5, 5.41) is 3.53. The Morgan fingerprint density at radius 3 is 2.63 bits per heavy atom. The summed E-state index contributed by atoms with van der Waals surface area (Å²) in [5.74, 6) is -0.0951. The van der Waals surface area contributed by atoms with Crippen LogP contribution in [0.2, 0.25) is 0 Å². The smallest absolute Gasteiger partial charge is 0.249 e. The maximum absolute atomic E-state index is 13.8. The van der Waals surface area contributed by atoms with Gasteiger partial charge in [-0.15, -0.1) is 0 Å². The van der Waals surface area contributed by atoms with Gasteiger partial charge in [-0.25, -0.2) is 4.39 Å². The minimum absolute atomic E-state index is 0.0630. The van der Waals surface area contributed by atoms with Crippen LogP contribution in [-0.2, 0) is 21.4 Å². The van der Waals surface area contributed by atoms with E-state index >= 15 is 0 Å². The SMILES string of the molecule is CC1=C(C)C(=O)N(CC2CNC(C)CN2CC(=O)N2CC(C)(C)c3cnc(Cc4ccc(F)cc4)cc32)C1. The van der Waals surface area contributed by atoms with E-state index in [0.717, 1.165) is 46.7 Å². The van der Waals surface area contributed by atoms with Gasteiger partial charge in [0.05, 0.1) is 12.2 Å². The first-order valence-corrected chi connectivity index (χ1v) is 13.5. The van der Waals surface area contributed by atoms with E-state index in [1.165, 1.54) is 12.1 Å². The second-order valence-electron chi connectivity index (χ2n) is 11.8. The molecule has 1 fully saturated rings. The molecule has 0 spiro atoms. The molecule has 4 heterocycles. The van der Waals surface area contributed by atoms with Crippen LogP contribution in [0.4, 0.5) is 10.1 Å². The zero-order valence-corrected chi connectivity index (χ0v) is 23.1. The highest BCUT2D eigenvalue weighted by molar-refractivity contribution is 5.98. The highest BCUT2D eigenvalue weighted by atomic mass is 19.1. The van der Waals surface area contributed by atoms with E-state index in [2.05, 4.69) is 36.0 Å². The number of aromatic nitrogens is 1. The summed E-state index contributed by atoms with van der Waals surface area (Å²) in [4.78, 5) is 37.3. The first kappa shape index (κ1) is 26.5. The molecule has 2 amide bonds. The van der Waals surface area contributed by atoms with Crippen molar-refractivity contribution < 1.29 is 14.0 Å². The number of carbonyl (C=O) groups excluding carboxylic acids is 2. The molecular weight excluding hydrogens is 481 g/mol. The first-order chi connectivity index (χ1) is 18.0. The predicted octanol–water partition coefficient (Wildman–Crippen LogP) is 3.28. The van der Waals surface area contributed by atoms with Crippen LogP contribution in [0.5, 0.6) is 0 Å². The molecule has 38 heavy (non-hydrogen) atoms. The van der Waals surface area contributed by atoms with Crippen LogP contribution in [0.1, 0.15) is 51.4 Å². The second kappa shape index (κ2) is 10.2. The fraction of sp³-hybridized carbons (Fsp3) is 0.500. The van der Waals surface area contributed by atoms with Gasteiger partial charge in [-0.1, -0.05) is 26.0 Å². The van der Waals surface area contributed by atoms with Crippen LogP contribution in [0, 0.1) is 5.82 Å². The van der Waals surface area contributed by atoms with Crippen molar-refractivity contribution in [1.82, 2.24) is 20.1 Å². The number of halogens is 1. The second-order valence-corrected chi connectivity index (χ2v) is 11.8. The highest BCUT2D eigenvalue weighted by Gasteiger charge is 2.40. The van der Waals surface area contributed by atoms with Gasteiger partial charge >= 0.3 is 0 Å². The van der Waals surface area contributed by atoms with Gasteiger partial charge < -0.3 is 15.1 Å². The molecule has 8 heteroatoms. The van der Waals surface area contributed by atoms with Gasteiger partial charge in [0, 0.05) is 79.7 Å². The third-order valence-electron chi connectivity index (χ3n) is 8.28. The lowest BCUT2D eigenvalue weighted by Crippen LogP contribution is -2.61. The summed E-state index contributed by atoms with van der Waals surface area (Å²) in [6.07, 6.45) is 2.47. The Hall–Kier alpha value is -3.10. The molecule has 202 valence electrons. The number of piperazine rings is 1. The lowest BCUT2D eigenvalue weighted by atomic mass is 9.88. The van der Waals surface area contributed by atoms with E-state index in [1.54, 1.807) is 12.1 Å². The van der Waals surface area contributed by atoms with Crippen molar-refractivity contribution in [3.63, 3.8) is 0 Å². The molecule has 2 aromatic rings. The summed E-state index contributed by atoms with van der Waals surface area (Å²) in [5.41, 5.74) is 5.57. The number of pyridine rings is 1. The minimum Gasteiger partial charge on any atom is -0.333 e. The zero-order chi connectivity index (χ0) is 27.2. The fourth-order valence-corrected chi connectivity index (χ4v) is 5.89. The normalized spacial score (nSPS) is 23.4. The molecule has 5 rings (SSSR count). The van der Waals surface area contributed by atoms with Crippen molar-refractivity contribution in [2.45, 2.75) is 58.5 Å². The summed E-state index contributed by atoms with van der Waals surface area (Å²) < 4.78 is 13.4. The maximum Gasteiger partial charge on any atom is 0.249 e. The Bertz CT molecular complexity index is 1270. The van der Waals surface area contributed by atoms with Gasteiger partial charge in [-0.2, -0.15) is 0 Å². The van der Waals surface area contributed by atoms with Gasteiger partial charge in [0.25, 0.3) is 0 Å². The third-order valence-corrected chi connectivity index (χ3v) is 8.28. The molecule has 0 bridgehead atoms. The average molecular weight is 520 g/mol. The summed E-state index contributed by atoms with van der Waals surface area (Å²) in [7, 11) is 0. The van der Waals surface area contributed by atoms with Crippen molar-refractivity contribution in [3.05, 3.63) is 70.3 Å². The van der Waals surface area contributed by atoms with Crippen LogP contribution < -0.4 is 10.2 Å². The quantitative estimate of drug-likeness (QED) is 0.635. The fourth-order valence-electron chi connectivity index (χ4n) is 5.89. The third kappa shape index (κ3) is 5.24. The minimum atomic E-state index is -0.259. The lowest BCUT2D eigenvalue weighted by Gasteiger charge is -2.41. The molecule has 1 aromatic carbocycles. The predicted molar refractivity (Wildman–Crippen MR) is 147 cm³/mol. The van der Waals surface area contributed by atoms with Crippen LogP contribution in [0.15, 0.2) is 47.7 Å². The summed E-state index contributed by atoms with van der Waals surface area (Å²) in [6, 6.07) is 8.81. The Morgan fingerprint density at radius 2 is 1.95 bits per heavy atom. The van der Waals surface area contributed by atoms with Crippen molar-refractivity contribution in [2.24, 2.45) is 0 Å². The van der Waals surface area contributed by atoms with Crippen LogP contribution >= 0.6 is 0 Å². The van der Waals surface area contributed by atoms with Gasteiger partial charge in [-0.3, -0.25) is 19.5 Å². The number of hydrogen-bond acceptors (Lipinski definition) is 5. The van der Waals surface area contributed by atoms with E-state index in [1.807, 2.05) is 35.9 Å². The van der Waals surface area contributed by atoms with E-state index in [-0.39, 0.29) is 35.1 Å². The van der Waals surface area contributed by atoms with Gasteiger partial charge in [0.1, 0.15) is 5.82 Å². The number of amides is 2. The van der Waals surface area contributed by atoms with Gasteiger partial charge in [0.2, 0.25) is 11.8 Å². The van der Waals surface area contributed by atoms with Crippen LogP contribution in [0.25, 0.3) is 0 Å². The summed E-state index contributed by atoms with van der Waals surface area (Å²) >= 11 is 0. The first-order valence-electron chi connectivity index (χ1n) is 13.5. The van der Waals surface area contributed by atoms with Crippen LogP contribution in [-0.4, -0.2) is 78.0 Å². The van der Waals surface area contributed by atoms with Crippen LogP contribution in [0.3, 0.4) is 0 Å². The molecule has 3 aliphatic rings. The number of nitrogens with zero attached hydrogens (tertiary/aromatic N) is 4. The highest BCUT2D eigenvalue weighted by Crippen LogP contribution is 2.40. The number of nitrogens with one attached hydrogen (secondary N) is 1. The molecule has 3 aliphatic heterocycles. The molecule has 7 nitrogen and oxygen atoms in total. The molecule has 2 unspecified atom stereocenters. The van der Waals surface area contributed by atoms with E-state index < -0.39 is 0 Å². The Labute approximate surface area is 224 Å². The average Bonchev–Trinajstić information content (AvgIpc) is 3.28. The molecule has 1 N–H and O–H groups in total. The monoisotopic (exact) mass is 519 g/mol. The molecule has 1 saturated heterocycles. The topological polar surface area (TPSA) is 68.8 Å². The standard InChI is InChI=1S/C30H38FN5O2/c1-19-14-35(29(38)21(19)3)16-25-12-32-20(2)15-34(25)17-28(37)36-18-30(4,5)26-13-33-24(11-27(26)36)10-22-6-8-23(31)9-7-22/h6-9,11,13,20,25,32H,10,12,14-18H2,1-5H3. The maximum atomic E-state index is 13.8. The zero-order valence-electron chi connectivity index (χ0n) is 23.1. The Kier molecular flexibility index (Phi) is 7.13. The summed E-state index contributed by atoms with van der Waals surface area (Å²) in [6.45, 7) is 14.0. The number of carbonyl (C=O) groups is 2. The number of fused-ring (bicyclic) bond motifs is 1. The van der Waals surface area contributed by atoms with Crippen molar-refractivity contribution in [1.29, 1.82) is 0 Å². The number of anilines is 1. The van der Waals surface area contributed by atoms with E-state index in [4.69, 9.17) is 0 Å². The van der Waals surface area contributed by atoms with Gasteiger partial charge in [-0.05, 0) is 50.1 Å². The van der Waals surface area contributed by atoms with Crippen molar-refractivity contribution in [2.75, 3.05) is 44.2 Å². The molecule has 2 atom stereocenters. The van der Waals surface area contributed by atoms with Gasteiger partial charge in [0.15, 0.2) is 0 Å². The molecular formula is C30H38FN5O2. The molecule has 1 aromatic heterocycles. The number of benzene rings is 1. The Morgan fingerprint density at radius 1 is 1.21 bits per heavy atom. The number of rotatable bonds is 6. The Balaban J connectivity index is 1.33.